The molecule has 1 rings (SSSR count). The Hall–Kier alpha value is -1.27. The molecule has 0 heterocycles. The van der Waals surface area contributed by atoms with Gasteiger partial charge in [-0.3, -0.25) is 0 Å². The molecule has 0 atom stereocenters. The number of nitrogen functional groups attached to an aromatic ring is 1. The molecule has 1 aromatic rings. The summed E-state index contributed by atoms with van der Waals surface area (Å²) in [6.07, 6.45) is 0.481. The number of halogens is 3. The van der Waals surface area contributed by atoms with Gasteiger partial charge < -0.3 is 5.73 Å². The highest BCUT2D eigenvalue weighted by molar-refractivity contribution is 6.18. The van der Waals surface area contributed by atoms with Crippen molar-refractivity contribution in [3.63, 3.8) is 0 Å². The number of anilines is 1. The molecule has 0 unspecified atom stereocenters. The van der Waals surface area contributed by atoms with Gasteiger partial charge in [0.1, 0.15) is 17.3 Å². The van der Waals surface area contributed by atoms with Crippen molar-refractivity contribution in [1.29, 1.82) is 0 Å². The average molecular weight is 216 g/mol. The van der Waals surface area contributed by atoms with Crippen molar-refractivity contribution in [2.24, 2.45) is 0 Å². The fraction of sp³-hybridized carbons (Fsp3) is 0.200. The largest absolute Gasteiger partial charge is 0.394 e. The molecule has 14 heavy (non-hydrogen) atoms. The minimum atomic E-state index is -0.792. The van der Waals surface area contributed by atoms with Crippen molar-refractivity contribution in [3.05, 3.63) is 29.3 Å². The zero-order chi connectivity index (χ0) is 10.6. The first kappa shape index (κ1) is 10.8. The summed E-state index contributed by atoms with van der Waals surface area (Å²) in [5.74, 6) is 4.07. The molecule has 0 spiro atoms. The number of alkyl halides is 1. The van der Waals surface area contributed by atoms with Gasteiger partial charge in [0.2, 0.25) is 0 Å². The van der Waals surface area contributed by atoms with Gasteiger partial charge in [-0.15, -0.1) is 11.6 Å². The molecule has 74 valence electrons. The van der Waals surface area contributed by atoms with Crippen LogP contribution < -0.4 is 5.73 Å². The molecule has 0 aromatic heterocycles. The van der Waals surface area contributed by atoms with Crippen LogP contribution in [-0.4, -0.2) is 5.88 Å². The number of hydrogen-bond donors (Lipinski definition) is 1. The molecule has 1 nitrogen and oxygen atoms in total. The molecule has 0 aliphatic heterocycles. The first-order chi connectivity index (χ1) is 6.65. The Bertz CT molecular complexity index is 370. The first-order valence-electron chi connectivity index (χ1n) is 3.94. The van der Waals surface area contributed by atoms with Crippen molar-refractivity contribution >= 4 is 17.3 Å². The quantitative estimate of drug-likeness (QED) is 0.435. The third-order valence-electron chi connectivity index (χ3n) is 1.53. The van der Waals surface area contributed by atoms with E-state index in [1.807, 2.05) is 0 Å². The molecule has 0 fully saturated rings. The Morgan fingerprint density at radius 2 is 1.86 bits per heavy atom. The highest BCUT2D eigenvalue weighted by Gasteiger charge is 2.05. The molecule has 0 bridgehead atoms. The molecule has 1 aromatic carbocycles. The Kier molecular flexibility index (Phi) is 3.73. The predicted octanol–water partition coefficient (Wildman–Crippen LogP) is 2.53. The van der Waals surface area contributed by atoms with E-state index in [1.165, 1.54) is 0 Å². The van der Waals surface area contributed by atoms with E-state index in [2.05, 4.69) is 11.8 Å². The van der Waals surface area contributed by atoms with Crippen LogP contribution in [0.4, 0.5) is 14.5 Å². The number of rotatable bonds is 1. The third kappa shape index (κ3) is 2.61. The molecule has 0 aliphatic carbocycles. The molecular weight excluding hydrogens is 208 g/mol. The Morgan fingerprint density at radius 1 is 1.29 bits per heavy atom. The summed E-state index contributed by atoms with van der Waals surface area (Å²) >= 11 is 5.38. The number of nitrogens with two attached hydrogens (primary N) is 1. The summed E-state index contributed by atoms with van der Waals surface area (Å²) in [5, 5.41) is 0. The zero-order valence-electron chi connectivity index (χ0n) is 7.28. The maximum absolute atomic E-state index is 12.9. The van der Waals surface area contributed by atoms with E-state index < -0.39 is 17.3 Å². The standard InChI is InChI=1S/C10H8ClF2N/c11-4-2-1-3-7-5-8(12)10(14)9(13)6-7/h5-6H,2,4,14H2. The Labute approximate surface area is 85.9 Å². The van der Waals surface area contributed by atoms with Crippen LogP contribution in [0.1, 0.15) is 12.0 Å². The van der Waals surface area contributed by atoms with Gasteiger partial charge in [-0.2, -0.15) is 0 Å². The zero-order valence-corrected chi connectivity index (χ0v) is 8.04. The van der Waals surface area contributed by atoms with Crippen LogP contribution >= 0.6 is 11.6 Å². The van der Waals surface area contributed by atoms with E-state index in [0.717, 1.165) is 12.1 Å². The van der Waals surface area contributed by atoms with Gasteiger partial charge in [-0.05, 0) is 12.1 Å². The highest BCUT2D eigenvalue weighted by Crippen LogP contribution is 2.16. The molecule has 4 heteroatoms. The summed E-state index contributed by atoms with van der Waals surface area (Å²) in [5.41, 5.74) is 4.87. The van der Waals surface area contributed by atoms with Gasteiger partial charge in [0.25, 0.3) is 0 Å². The van der Waals surface area contributed by atoms with Crippen LogP contribution in [0.3, 0.4) is 0 Å². The fourth-order valence-corrected chi connectivity index (χ4v) is 0.963. The van der Waals surface area contributed by atoms with Gasteiger partial charge in [0.05, 0.1) is 0 Å². The van der Waals surface area contributed by atoms with Crippen LogP contribution in [0.5, 0.6) is 0 Å². The summed E-state index contributed by atoms with van der Waals surface area (Å²) in [6.45, 7) is 0. The molecule has 0 amide bonds. The average Bonchev–Trinajstić information content (AvgIpc) is 2.14. The maximum atomic E-state index is 12.9. The lowest BCUT2D eigenvalue weighted by atomic mass is 10.2. The van der Waals surface area contributed by atoms with E-state index in [1.54, 1.807) is 0 Å². The minimum Gasteiger partial charge on any atom is -0.394 e. The molecule has 0 saturated heterocycles. The smallest absolute Gasteiger partial charge is 0.150 e. The highest BCUT2D eigenvalue weighted by atomic mass is 35.5. The van der Waals surface area contributed by atoms with E-state index in [-0.39, 0.29) is 5.56 Å². The maximum Gasteiger partial charge on any atom is 0.150 e. The summed E-state index contributed by atoms with van der Waals surface area (Å²) in [6, 6.07) is 2.19. The SMILES string of the molecule is Nc1c(F)cc(C#CCCCl)cc1F. The number of benzene rings is 1. The van der Waals surface area contributed by atoms with E-state index in [0.29, 0.717) is 12.3 Å². The summed E-state index contributed by atoms with van der Waals surface area (Å²) in [7, 11) is 0. The minimum absolute atomic E-state index is 0.263. The Balaban J connectivity index is 2.97. The Morgan fingerprint density at radius 3 is 2.36 bits per heavy atom. The second-order valence-electron chi connectivity index (χ2n) is 2.59. The molecule has 0 radical (unpaired) electrons. The lowest BCUT2D eigenvalue weighted by molar-refractivity contribution is 0.591. The van der Waals surface area contributed by atoms with Crippen molar-refractivity contribution in [2.45, 2.75) is 6.42 Å². The van der Waals surface area contributed by atoms with Crippen molar-refractivity contribution < 1.29 is 8.78 Å². The molecule has 0 saturated carbocycles. The van der Waals surface area contributed by atoms with Gasteiger partial charge in [-0.1, -0.05) is 11.8 Å². The molecule has 0 aliphatic rings. The van der Waals surface area contributed by atoms with Crippen LogP contribution in [0.25, 0.3) is 0 Å². The van der Waals surface area contributed by atoms with Crippen LogP contribution in [-0.2, 0) is 0 Å². The van der Waals surface area contributed by atoms with Gasteiger partial charge >= 0.3 is 0 Å². The summed E-state index contributed by atoms with van der Waals surface area (Å²) < 4.78 is 25.8. The number of hydrogen-bond acceptors (Lipinski definition) is 1. The van der Waals surface area contributed by atoms with Gasteiger partial charge in [-0.25, -0.2) is 8.78 Å². The van der Waals surface area contributed by atoms with Crippen LogP contribution in [0.15, 0.2) is 12.1 Å². The summed E-state index contributed by atoms with van der Waals surface area (Å²) in [4.78, 5) is 0. The van der Waals surface area contributed by atoms with Crippen LogP contribution in [0.2, 0.25) is 0 Å². The second-order valence-corrected chi connectivity index (χ2v) is 2.97. The monoisotopic (exact) mass is 215 g/mol. The van der Waals surface area contributed by atoms with Gasteiger partial charge in [0, 0.05) is 17.9 Å². The lowest BCUT2D eigenvalue weighted by Crippen LogP contribution is -1.96. The second kappa shape index (κ2) is 4.83. The van der Waals surface area contributed by atoms with E-state index in [9.17, 15) is 8.78 Å². The van der Waals surface area contributed by atoms with E-state index >= 15 is 0 Å². The predicted molar refractivity (Wildman–Crippen MR) is 53.0 cm³/mol. The topological polar surface area (TPSA) is 26.0 Å². The van der Waals surface area contributed by atoms with Crippen LogP contribution in [0, 0.1) is 23.5 Å². The van der Waals surface area contributed by atoms with Crippen molar-refractivity contribution in [1.82, 2.24) is 0 Å². The third-order valence-corrected chi connectivity index (χ3v) is 1.72. The molecule has 2 N–H and O–H groups in total. The van der Waals surface area contributed by atoms with Crippen molar-refractivity contribution in [3.8, 4) is 11.8 Å². The fourth-order valence-electron chi connectivity index (χ4n) is 0.868. The lowest BCUT2D eigenvalue weighted by Gasteiger charge is -1.98. The van der Waals surface area contributed by atoms with Gasteiger partial charge in [0.15, 0.2) is 0 Å². The first-order valence-corrected chi connectivity index (χ1v) is 4.48. The molecular formula is C10H8ClF2N. The van der Waals surface area contributed by atoms with E-state index in [4.69, 9.17) is 17.3 Å². The van der Waals surface area contributed by atoms with Crippen molar-refractivity contribution in [2.75, 3.05) is 11.6 Å². The normalized spacial score (nSPS) is 9.36.